The summed E-state index contributed by atoms with van der Waals surface area (Å²) in [6.45, 7) is 4.42. The second kappa shape index (κ2) is 79.5. The molecule has 0 rings (SSSR count). The molecule has 0 radical (unpaired) electrons. The molecule has 0 aromatic heterocycles. The monoisotopic (exact) mass is 1550 g/mol. The number of aliphatic hydroxyl groups is 1. The van der Waals surface area contributed by atoms with E-state index in [4.69, 9.17) is 37.0 Å². The summed E-state index contributed by atoms with van der Waals surface area (Å²) >= 11 is 0. The minimum Gasteiger partial charge on any atom is -0.462 e. The summed E-state index contributed by atoms with van der Waals surface area (Å²) in [5.41, 5.74) is 0. The van der Waals surface area contributed by atoms with Gasteiger partial charge in [0.2, 0.25) is 0 Å². The largest absolute Gasteiger partial charge is 0.472 e. The zero-order valence-corrected chi connectivity index (χ0v) is 69.0. The molecule has 0 fully saturated rings. The van der Waals surface area contributed by atoms with Gasteiger partial charge in [-0.05, 0) is 167 Å². The topological polar surface area (TPSA) is 237 Å². The molecule has 0 aliphatic carbocycles. The summed E-state index contributed by atoms with van der Waals surface area (Å²) in [4.78, 5) is 73.2. The molecule has 0 saturated heterocycles. The molecule has 3 N–H and O–H groups in total. The fraction of sp³-hybridized carbons (Fsp3) is 0.640. The van der Waals surface area contributed by atoms with Crippen LogP contribution in [0.4, 0.5) is 0 Å². The van der Waals surface area contributed by atoms with Crippen molar-refractivity contribution in [3.05, 3.63) is 170 Å². The van der Waals surface area contributed by atoms with Crippen molar-refractivity contribution in [3.8, 4) is 0 Å². The van der Waals surface area contributed by atoms with E-state index in [1.807, 2.05) is 12.2 Å². The number of rotatable bonds is 76. The number of aliphatic hydroxyl groups excluding tert-OH is 1. The Morgan fingerprint density at radius 3 is 0.796 bits per heavy atom. The predicted octanol–water partition coefficient (Wildman–Crippen LogP) is 24.6. The highest BCUT2D eigenvalue weighted by Crippen LogP contribution is 2.45. The van der Waals surface area contributed by atoms with Gasteiger partial charge in [0.15, 0.2) is 12.2 Å². The molecule has 5 unspecified atom stereocenters. The average molecular weight is 1550 g/mol. The van der Waals surface area contributed by atoms with E-state index in [9.17, 15) is 43.2 Å². The summed E-state index contributed by atoms with van der Waals surface area (Å²) in [6, 6.07) is 0. The highest BCUT2D eigenvalue weighted by Gasteiger charge is 2.30. The summed E-state index contributed by atoms with van der Waals surface area (Å²) in [7, 11) is -10.0. The first kappa shape index (κ1) is 102. The number of hydrogen-bond donors (Lipinski definition) is 3. The van der Waals surface area contributed by atoms with E-state index in [1.165, 1.54) is 38.5 Å². The van der Waals surface area contributed by atoms with Gasteiger partial charge in [-0.1, -0.05) is 288 Å². The molecule has 17 nitrogen and oxygen atoms in total. The summed E-state index contributed by atoms with van der Waals surface area (Å²) < 4.78 is 68.6. The second-order valence-corrected chi connectivity index (χ2v) is 29.8. The standard InChI is InChI=1S/C89H146O17P2/c1-5-9-13-17-21-25-29-33-37-40-41-44-47-50-54-58-62-66-70-74-87(92)100-80-85(106-89(94)76-72-68-64-60-56-52-48-43-39-35-31-27-23-19-15-11-7-3)82-104-108(97,98)102-78-83(90)77-101-107(95,96)103-81-84(105-88(93)75-71-67-63-59-55-51-45-36-32-28-24-20-16-12-8-4)79-99-86(91)73-69-65-61-57-53-49-46-42-38-34-30-26-22-18-14-10-6-2/h9-11,13-15,21-23,25-27,33-39,41,44-46,49-50,54,57,61,83-85,90H,5-8,12,16-20,24,28-32,40,42-43,47-48,51-53,55-56,58-60,62-82H2,1-4H3,(H,95,96)(H,97,98)/b13-9-,14-10-,15-11-,25-21-,26-22-,27-23-,37-33-,38-34-,39-35-,44-41-,45-36-,49-46-,54-50-,61-57-. The lowest BCUT2D eigenvalue weighted by Crippen LogP contribution is -2.30. The van der Waals surface area contributed by atoms with Crippen molar-refractivity contribution in [2.75, 3.05) is 39.6 Å². The number of carbonyl (C=O) groups is 4. The number of phosphoric ester groups is 2. The van der Waals surface area contributed by atoms with Gasteiger partial charge < -0.3 is 33.8 Å². The molecule has 0 aromatic carbocycles. The maximum absolute atomic E-state index is 13.1. The Morgan fingerprint density at radius 2 is 0.491 bits per heavy atom. The van der Waals surface area contributed by atoms with Crippen molar-refractivity contribution in [3.63, 3.8) is 0 Å². The maximum Gasteiger partial charge on any atom is 0.472 e. The smallest absolute Gasteiger partial charge is 0.462 e. The molecule has 0 aromatic rings. The van der Waals surface area contributed by atoms with Crippen molar-refractivity contribution in [2.45, 2.75) is 329 Å². The van der Waals surface area contributed by atoms with Gasteiger partial charge in [-0.2, -0.15) is 0 Å². The molecular formula is C89H146O17P2. The van der Waals surface area contributed by atoms with Crippen molar-refractivity contribution >= 4 is 39.5 Å². The molecule has 0 saturated carbocycles. The summed E-state index contributed by atoms with van der Waals surface area (Å²) in [5, 5.41) is 10.7. The normalized spacial score (nSPS) is 14.7. The lowest BCUT2D eigenvalue weighted by Gasteiger charge is -2.21. The van der Waals surface area contributed by atoms with Crippen LogP contribution in [0.5, 0.6) is 0 Å². The average Bonchev–Trinajstić information content (AvgIpc) is 0.906. The van der Waals surface area contributed by atoms with E-state index >= 15 is 0 Å². The molecule has 5 atom stereocenters. The van der Waals surface area contributed by atoms with E-state index < -0.39 is 97.5 Å². The Labute approximate surface area is 654 Å². The molecule has 0 bridgehead atoms. The van der Waals surface area contributed by atoms with Crippen LogP contribution in [-0.2, 0) is 65.4 Å². The van der Waals surface area contributed by atoms with Crippen LogP contribution in [0.1, 0.15) is 310 Å². The Morgan fingerprint density at radius 1 is 0.269 bits per heavy atom. The van der Waals surface area contributed by atoms with Crippen molar-refractivity contribution in [1.29, 1.82) is 0 Å². The third-order valence-corrected chi connectivity index (χ3v) is 18.6. The number of allylic oxidation sites excluding steroid dienone is 28. The van der Waals surface area contributed by atoms with Gasteiger partial charge in [0.1, 0.15) is 19.3 Å². The number of unbranched alkanes of at least 4 members (excludes halogenated alkanes) is 22. The molecule has 0 aliphatic rings. The SMILES string of the molecule is CC/C=C\C/C=C\C/C=C\C/C=C\C/C=C\CCCCCC(=O)OCC(COP(=O)(O)OCC(O)COP(=O)(O)OCC(COC(=O)CCC/C=C\C/C=C\C/C=C\C/C=C\C/C=C\CC)OC(=O)CCCCCCC/C=C\CCCCCCCC)OC(=O)CCCCCCCCC/C=C\C/C=C\C/C=C\CC. The number of carbonyl (C=O) groups excluding carboxylic acids is 4. The molecule has 0 amide bonds. The van der Waals surface area contributed by atoms with E-state index in [1.54, 1.807) is 0 Å². The maximum atomic E-state index is 13.1. The van der Waals surface area contributed by atoms with Crippen LogP contribution in [0.2, 0.25) is 0 Å². The zero-order chi connectivity index (χ0) is 78.9. The second-order valence-electron chi connectivity index (χ2n) is 26.9. The summed E-state index contributed by atoms with van der Waals surface area (Å²) in [6.07, 6.45) is 94.7. The van der Waals surface area contributed by atoms with Gasteiger partial charge in [0.05, 0.1) is 26.4 Å². The summed E-state index contributed by atoms with van der Waals surface area (Å²) in [5.74, 6) is -2.31. The predicted molar refractivity (Wildman–Crippen MR) is 445 cm³/mol. The van der Waals surface area contributed by atoms with Crippen LogP contribution in [-0.4, -0.2) is 96.7 Å². The van der Waals surface area contributed by atoms with Gasteiger partial charge in [-0.15, -0.1) is 0 Å². The molecule has 19 heteroatoms. The van der Waals surface area contributed by atoms with Gasteiger partial charge in [-0.25, -0.2) is 9.13 Å². The number of ether oxygens (including phenoxy) is 4. The highest BCUT2D eigenvalue weighted by molar-refractivity contribution is 7.47. The first-order valence-corrected chi connectivity index (χ1v) is 44.4. The van der Waals surface area contributed by atoms with Gasteiger partial charge >= 0.3 is 39.5 Å². The Balaban J connectivity index is 5.48. The molecular weight excluding hydrogens is 1400 g/mol. The van der Waals surface area contributed by atoms with Crippen molar-refractivity contribution in [2.24, 2.45) is 0 Å². The Bertz CT molecular complexity index is 2710. The van der Waals surface area contributed by atoms with Crippen LogP contribution in [0.25, 0.3) is 0 Å². The lowest BCUT2D eigenvalue weighted by molar-refractivity contribution is -0.161. The van der Waals surface area contributed by atoms with E-state index in [0.717, 1.165) is 186 Å². The lowest BCUT2D eigenvalue weighted by atomic mass is 10.1. The first-order valence-electron chi connectivity index (χ1n) is 41.4. The number of phosphoric acid groups is 2. The van der Waals surface area contributed by atoms with Crippen LogP contribution in [0.3, 0.4) is 0 Å². The number of hydrogen-bond acceptors (Lipinski definition) is 15. The number of esters is 4. The van der Waals surface area contributed by atoms with E-state index in [-0.39, 0.29) is 25.7 Å². The molecule has 0 aliphatic heterocycles. The van der Waals surface area contributed by atoms with Gasteiger partial charge in [0, 0.05) is 25.7 Å². The van der Waals surface area contributed by atoms with Gasteiger partial charge in [0.25, 0.3) is 0 Å². The first-order chi connectivity index (χ1) is 52.7. The van der Waals surface area contributed by atoms with Crippen LogP contribution >= 0.6 is 15.6 Å². The Kier molecular flexibility index (Phi) is 75.4. The van der Waals surface area contributed by atoms with Crippen molar-refractivity contribution in [1.82, 2.24) is 0 Å². The van der Waals surface area contributed by atoms with E-state index in [2.05, 4.69) is 186 Å². The fourth-order valence-corrected chi connectivity index (χ4v) is 12.0. The van der Waals surface area contributed by atoms with Crippen LogP contribution in [0, 0.1) is 0 Å². The molecule has 108 heavy (non-hydrogen) atoms. The quantitative estimate of drug-likeness (QED) is 0.0169. The van der Waals surface area contributed by atoms with Crippen LogP contribution in [0.15, 0.2) is 170 Å². The van der Waals surface area contributed by atoms with Crippen molar-refractivity contribution < 1.29 is 80.2 Å². The third kappa shape index (κ3) is 78.5. The Hall–Kier alpha value is -5.58. The van der Waals surface area contributed by atoms with E-state index in [0.29, 0.717) is 32.1 Å². The minimum absolute atomic E-state index is 0.0673. The molecule has 0 spiro atoms. The third-order valence-electron chi connectivity index (χ3n) is 16.7. The fourth-order valence-electron chi connectivity index (χ4n) is 10.5. The van der Waals surface area contributed by atoms with Crippen LogP contribution < -0.4 is 0 Å². The minimum atomic E-state index is -5.00. The van der Waals surface area contributed by atoms with Gasteiger partial charge in [-0.3, -0.25) is 37.3 Å². The molecule has 0 heterocycles. The molecule has 614 valence electrons. The zero-order valence-electron chi connectivity index (χ0n) is 67.2. The highest BCUT2D eigenvalue weighted by atomic mass is 31.2.